The number of aryl methyl sites for hydroxylation is 1. The molecule has 1 N–H and O–H groups in total. The van der Waals surface area contributed by atoms with E-state index in [1.54, 1.807) is 24.4 Å². The number of aromatic nitrogens is 1. The van der Waals surface area contributed by atoms with Gasteiger partial charge in [-0.3, -0.25) is 10.1 Å². The number of morpholine rings is 1. The van der Waals surface area contributed by atoms with Crippen LogP contribution in [0.25, 0.3) is 11.5 Å². The summed E-state index contributed by atoms with van der Waals surface area (Å²) in [5.74, 6) is -0.340. The highest BCUT2D eigenvalue weighted by Crippen LogP contribution is 2.27. The number of amides is 1. The van der Waals surface area contributed by atoms with Crippen LogP contribution in [-0.4, -0.2) is 49.9 Å². The van der Waals surface area contributed by atoms with Crippen LogP contribution < -0.4 is 5.32 Å². The van der Waals surface area contributed by atoms with Crippen molar-refractivity contribution < 1.29 is 26.8 Å². The minimum absolute atomic E-state index is 0.151. The molecule has 0 aliphatic carbocycles. The van der Waals surface area contributed by atoms with Gasteiger partial charge in [0.05, 0.1) is 23.7 Å². The predicted octanol–water partition coefficient (Wildman–Crippen LogP) is 3.12. The van der Waals surface area contributed by atoms with Gasteiger partial charge in [-0.15, -0.1) is 11.3 Å². The minimum Gasteiger partial charge on any atom is -0.460 e. The molecule has 1 aromatic carbocycles. The second kappa shape index (κ2) is 8.26. The molecule has 0 radical (unpaired) electrons. The number of ether oxygens (including phenoxy) is 1. The van der Waals surface area contributed by atoms with Crippen molar-refractivity contribution in [1.29, 1.82) is 0 Å². The lowest BCUT2D eigenvalue weighted by atomic mass is 10.2. The number of hydrogen-bond acceptors (Lipinski definition) is 7. The zero-order valence-corrected chi connectivity index (χ0v) is 17.6. The highest BCUT2D eigenvalue weighted by Gasteiger charge is 2.28. The number of rotatable bonds is 5. The first-order valence-corrected chi connectivity index (χ1v) is 11.4. The van der Waals surface area contributed by atoms with Crippen LogP contribution in [0.3, 0.4) is 0 Å². The number of anilines is 1. The van der Waals surface area contributed by atoms with Crippen molar-refractivity contribution in [2.24, 2.45) is 0 Å². The van der Waals surface area contributed by atoms with Gasteiger partial charge in [0.2, 0.25) is 10.0 Å². The maximum atomic E-state index is 14.3. The van der Waals surface area contributed by atoms with Crippen molar-refractivity contribution in [3.8, 4) is 11.5 Å². The van der Waals surface area contributed by atoms with E-state index in [0.29, 0.717) is 11.5 Å². The maximum absolute atomic E-state index is 14.3. The van der Waals surface area contributed by atoms with Gasteiger partial charge in [-0.1, -0.05) is 0 Å². The van der Waals surface area contributed by atoms with E-state index in [4.69, 9.17) is 9.15 Å². The Morgan fingerprint density at radius 2 is 2.00 bits per heavy atom. The molecular weight excluding hydrogens is 433 g/mol. The first-order chi connectivity index (χ1) is 14.3. The molecule has 1 aliphatic rings. The fourth-order valence-electron chi connectivity index (χ4n) is 2.96. The van der Waals surface area contributed by atoms with E-state index in [0.717, 1.165) is 35.3 Å². The highest BCUT2D eigenvalue weighted by molar-refractivity contribution is 7.89. The Morgan fingerprint density at radius 3 is 2.70 bits per heavy atom. The molecule has 2 aromatic heterocycles. The molecule has 158 valence electrons. The van der Waals surface area contributed by atoms with Gasteiger partial charge in [-0.2, -0.15) is 4.31 Å². The van der Waals surface area contributed by atoms with Crippen molar-refractivity contribution in [2.75, 3.05) is 31.6 Å². The van der Waals surface area contributed by atoms with Gasteiger partial charge in [-0.05, 0) is 37.3 Å². The topological polar surface area (TPSA) is 102 Å². The summed E-state index contributed by atoms with van der Waals surface area (Å²) < 4.78 is 51.8. The van der Waals surface area contributed by atoms with Gasteiger partial charge in [-0.25, -0.2) is 17.8 Å². The minimum atomic E-state index is -3.86. The number of halogens is 1. The number of furan rings is 1. The average molecular weight is 452 g/mol. The largest absolute Gasteiger partial charge is 0.460 e. The number of sulfonamides is 1. The normalized spacial score (nSPS) is 15.3. The number of carbonyl (C=O) groups is 1. The predicted molar refractivity (Wildman–Crippen MR) is 108 cm³/mol. The van der Waals surface area contributed by atoms with Crippen LogP contribution in [0.1, 0.15) is 16.1 Å². The van der Waals surface area contributed by atoms with Gasteiger partial charge < -0.3 is 9.15 Å². The summed E-state index contributed by atoms with van der Waals surface area (Å²) in [5.41, 5.74) is 0.155. The summed E-state index contributed by atoms with van der Waals surface area (Å²) in [7, 11) is -3.86. The molecule has 0 spiro atoms. The number of carbonyl (C=O) groups excluding carboxylic acids is 1. The van der Waals surface area contributed by atoms with Crippen LogP contribution in [0.2, 0.25) is 0 Å². The van der Waals surface area contributed by atoms with Crippen molar-refractivity contribution in [3.63, 3.8) is 0 Å². The van der Waals surface area contributed by atoms with Gasteiger partial charge in [0.15, 0.2) is 10.9 Å². The third-order valence-corrected chi connectivity index (χ3v) is 7.16. The Kier molecular flexibility index (Phi) is 5.69. The Morgan fingerprint density at radius 1 is 1.23 bits per heavy atom. The summed E-state index contributed by atoms with van der Waals surface area (Å²) in [6.45, 7) is 2.79. The molecule has 11 heteroatoms. The molecule has 8 nitrogen and oxygen atoms in total. The lowest BCUT2D eigenvalue weighted by molar-refractivity contribution is 0.0730. The van der Waals surface area contributed by atoms with Gasteiger partial charge in [0.1, 0.15) is 17.3 Å². The number of benzene rings is 1. The summed E-state index contributed by atoms with van der Waals surface area (Å²) >= 11 is 1.15. The number of nitrogens with one attached hydrogen (secondary N) is 1. The molecule has 4 rings (SSSR count). The second-order valence-electron chi connectivity index (χ2n) is 6.56. The standard InChI is InChI=1S/C19H18FN3O5S2/c1-12-2-5-17(28-12)16-11-29-19(21-16)22-18(24)14-10-13(3-4-15(14)20)30(25,26)23-6-8-27-9-7-23/h2-5,10-11H,6-9H2,1H3,(H,21,22,24). The monoisotopic (exact) mass is 451 g/mol. The molecule has 0 bridgehead atoms. The number of nitrogens with zero attached hydrogens (tertiary/aromatic N) is 2. The molecule has 0 atom stereocenters. The number of hydrogen-bond donors (Lipinski definition) is 1. The van der Waals surface area contributed by atoms with Crippen LogP contribution in [0, 0.1) is 12.7 Å². The fraction of sp³-hybridized carbons (Fsp3) is 0.263. The molecule has 1 fully saturated rings. The zero-order chi connectivity index (χ0) is 21.3. The molecule has 0 saturated carbocycles. The van der Waals surface area contributed by atoms with Crippen LogP contribution in [0.4, 0.5) is 9.52 Å². The van der Waals surface area contributed by atoms with E-state index < -0.39 is 21.7 Å². The second-order valence-corrected chi connectivity index (χ2v) is 9.36. The molecule has 3 heterocycles. The van der Waals surface area contributed by atoms with Gasteiger partial charge in [0.25, 0.3) is 5.91 Å². The summed E-state index contributed by atoms with van der Waals surface area (Å²) in [6.07, 6.45) is 0. The Labute approximate surface area is 176 Å². The lowest BCUT2D eigenvalue weighted by Gasteiger charge is -2.26. The summed E-state index contributed by atoms with van der Waals surface area (Å²) in [5, 5.41) is 4.45. The third-order valence-electron chi connectivity index (χ3n) is 4.51. The molecular formula is C19H18FN3O5S2. The maximum Gasteiger partial charge on any atom is 0.260 e. The molecule has 3 aromatic rings. The third kappa shape index (κ3) is 4.15. The molecule has 0 unspecified atom stereocenters. The average Bonchev–Trinajstić information content (AvgIpc) is 3.37. The van der Waals surface area contributed by atoms with Gasteiger partial charge in [0, 0.05) is 18.5 Å². The first kappa shape index (κ1) is 20.7. The van der Waals surface area contributed by atoms with Crippen molar-refractivity contribution in [1.82, 2.24) is 9.29 Å². The SMILES string of the molecule is Cc1ccc(-c2csc(NC(=O)c3cc(S(=O)(=O)N4CCOCC4)ccc3F)n2)o1. The Balaban J connectivity index is 1.56. The lowest BCUT2D eigenvalue weighted by Crippen LogP contribution is -2.40. The number of thiazole rings is 1. The van der Waals surface area contributed by atoms with Crippen molar-refractivity contribution in [2.45, 2.75) is 11.8 Å². The van der Waals surface area contributed by atoms with Crippen molar-refractivity contribution in [3.05, 3.63) is 52.9 Å². The van der Waals surface area contributed by atoms with E-state index in [1.807, 2.05) is 0 Å². The quantitative estimate of drug-likeness (QED) is 0.640. The smallest absolute Gasteiger partial charge is 0.260 e. The van der Waals surface area contributed by atoms with Crippen LogP contribution >= 0.6 is 11.3 Å². The Bertz CT molecular complexity index is 1180. The first-order valence-electron chi connectivity index (χ1n) is 9.06. The van der Waals surface area contributed by atoms with Crippen LogP contribution in [0.15, 0.2) is 45.0 Å². The van der Waals surface area contributed by atoms with E-state index >= 15 is 0 Å². The van der Waals surface area contributed by atoms with Gasteiger partial charge >= 0.3 is 0 Å². The van der Waals surface area contributed by atoms with Crippen LogP contribution in [0.5, 0.6) is 0 Å². The summed E-state index contributed by atoms with van der Waals surface area (Å²) in [6, 6.07) is 6.72. The Hall–Kier alpha value is -2.60. The van der Waals surface area contributed by atoms with E-state index in [9.17, 15) is 17.6 Å². The van der Waals surface area contributed by atoms with Crippen LogP contribution in [-0.2, 0) is 14.8 Å². The fourth-order valence-corrected chi connectivity index (χ4v) is 5.09. The molecule has 30 heavy (non-hydrogen) atoms. The molecule has 1 aliphatic heterocycles. The van der Waals surface area contributed by atoms with E-state index in [-0.39, 0.29) is 41.9 Å². The molecule has 1 saturated heterocycles. The molecule has 1 amide bonds. The zero-order valence-electron chi connectivity index (χ0n) is 15.9. The highest BCUT2D eigenvalue weighted by atomic mass is 32.2. The van der Waals surface area contributed by atoms with Crippen molar-refractivity contribution >= 4 is 32.4 Å². The van der Waals surface area contributed by atoms with E-state index in [2.05, 4.69) is 10.3 Å². The van der Waals surface area contributed by atoms with E-state index in [1.165, 1.54) is 4.31 Å². The summed E-state index contributed by atoms with van der Waals surface area (Å²) in [4.78, 5) is 16.7.